The van der Waals surface area contributed by atoms with Crippen LogP contribution in [0.4, 0.5) is 11.4 Å². The van der Waals surface area contributed by atoms with E-state index in [0.717, 1.165) is 29.9 Å². The normalized spacial score (nSPS) is 16.5. The fourth-order valence-electron chi connectivity index (χ4n) is 4.00. The number of nitrogens with zero attached hydrogens (tertiary/aromatic N) is 2. The molecule has 0 spiro atoms. The lowest BCUT2D eigenvalue weighted by Gasteiger charge is -2.28. The Morgan fingerprint density at radius 3 is 2.27 bits per heavy atom. The van der Waals surface area contributed by atoms with Crippen LogP contribution in [-0.2, 0) is 9.59 Å². The molecule has 1 aliphatic heterocycles. The van der Waals surface area contributed by atoms with E-state index in [-0.39, 0.29) is 17.3 Å². The maximum absolute atomic E-state index is 13.1. The van der Waals surface area contributed by atoms with E-state index in [9.17, 15) is 14.7 Å². The number of hydrogen-bond donors (Lipinski definition) is 1. The Balaban J connectivity index is 2.11. The fraction of sp³-hybridized carbons (Fsp3) is 0.360. The summed E-state index contributed by atoms with van der Waals surface area (Å²) in [6.45, 7) is 11.5. The number of amides is 1. The summed E-state index contributed by atoms with van der Waals surface area (Å²) in [4.78, 5) is 29.8. The maximum atomic E-state index is 13.1. The molecule has 0 aliphatic carbocycles. The topological polar surface area (TPSA) is 60.9 Å². The number of anilines is 2. The van der Waals surface area contributed by atoms with E-state index < -0.39 is 17.7 Å². The largest absolute Gasteiger partial charge is 0.503 e. The zero-order chi connectivity index (χ0) is 22.0. The van der Waals surface area contributed by atoms with Gasteiger partial charge in [-0.3, -0.25) is 14.5 Å². The highest BCUT2D eigenvalue weighted by Gasteiger charge is 2.44. The van der Waals surface area contributed by atoms with Crippen molar-refractivity contribution in [2.24, 2.45) is 5.92 Å². The molecule has 30 heavy (non-hydrogen) atoms. The van der Waals surface area contributed by atoms with Gasteiger partial charge in [-0.1, -0.05) is 43.7 Å². The van der Waals surface area contributed by atoms with E-state index in [1.54, 1.807) is 13.8 Å². The number of carbonyl (C=O) groups is 2. The van der Waals surface area contributed by atoms with Gasteiger partial charge in [-0.2, -0.15) is 0 Å². The lowest BCUT2D eigenvalue weighted by atomic mass is 9.90. The van der Waals surface area contributed by atoms with Gasteiger partial charge in [-0.15, -0.1) is 0 Å². The third-order valence-corrected chi connectivity index (χ3v) is 5.61. The number of rotatable bonds is 7. The highest BCUT2D eigenvalue weighted by atomic mass is 16.3. The fourth-order valence-corrected chi connectivity index (χ4v) is 4.00. The van der Waals surface area contributed by atoms with Gasteiger partial charge in [0.25, 0.3) is 5.91 Å². The van der Waals surface area contributed by atoms with Crippen LogP contribution in [0.5, 0.6) is 0 Å². The molecule has 0 saturated heterocycles. The summed E-state index contributed by atoms with van der Waals surface area (Å²) in [6.07, 6.45) is 0. The van der Waals surface area contributed by atoms with Gasteiger partial charge in [-0.25, -0.2) is 0 Å². The average Bonchev–Trinajstić information content (AvgIpc) is 3.00. The lowest BCUT2D eigenvalue weighted by Crippen LogP contribution is -2.31. The van der Waals surface area contributed by atoms with Crippen molar-refractivity contribution in [3.8, 4) is 0 Å². The number of ketones is 1. The van der Waals surface area contributed by atoms with Crippen molar-refractivity contribution >= 4 is 23.1 Å². The predicted octanol–water partition coefficient (Wildman–Crippen LogP) is 4.97. The van der Waals surface area contributed by atoms with Gasteiger partial charge in [0.1, 0.15) is 0 Å². The molecule has 0 bridgehead atoms. The van der Waals surface area contributed by atoms with Gasteiger partial charge in [0, 0.05) is 30.4 Å². The number of aryl methyl sites for hydroxylation is 1. The van der Waals surface area contributed by atoms with Crippen LogP contribution in [0.1, 0.15) is 44.9 Å². The van der Waals surface area contributed by atoms with Crippen molar-refractivity contribution in [3.05, 3.63) is 71.0 Å². The first-order chi connectivity index (χ1) is 14.3. The molecule has 1 unspecified atom stereocenters. The highest BCUT2D eigenvalue weighted by molar-refractivity contribution is 6.16. The monoisotopic (exact) mass is 406 g/mol. The van der Waals surface area contributed by atoms with Gasteiger partial charge in [0.2, 0.25) is 0 Å². The van der Waals surface area contributed by atoms with Crippen molar-refractivity contribution < 1.29 is 14.7 Å². The third-order valence-electron chi connectivity index (χ3n) is 5.61. The number of carbonyl (C=O) groups excluding carboxylic acids is 2. The summed E-state index contributed by atoms with van der Waals surface area (Å²) in [7, 11) is 0. The van der Waals surface area contributed by atoms with Gasteiger partial charge in [0.05, 0.1) is 11.6 Å². The summed E-state index contributed by atoms with van der Waals surface area (Å²) in [6, 6.07) is 14.8. The number of aliphatic hydroxyl groups excluding tert-OH is 1. The Labute approximate surface area is 178 Å². The van der Waals surface area contributed by atoms with E-state index >= 15 is 0 Å². The van der Waals surface area contributed by atoms with Crippen molar-refractivity contribution in [3.63, 3.8) is 0 Å². The molecular formula is C25H30N2O3. The Morgan fingerprint density at radius 2 is 1.73 bits per heavy atom. The van der Waals surface area contributed by atoms with Crippen LogP contribution < -0.4 is 9.80 Å². The van der Waals surface area contributed by atoms with Crippen LogP contribution in [-0.4, -0.2) is 29.9 Å². The molecular weight excluding hydrogens is 376 g/mol. The summed E-state index contributed by atoms with van der Waals surface area (Å²) in [5.74, 6) is -1.53. The first kappa shape index (κ1) is 21.6. The molecule has 5 heteroatoms. The molecule has 0 aromatic heterocycles. The standard InChI is InChI=1S/C25H30N2O3/c1-6-26(7-2)19-11-13-20(14-12-19)27-22(18-10-8-9-17(5)15-18)21(23(28)16(3)4)24(29)25(27)30/h8-16,22,29H,6-7H2,1-5H3. The minimum absolute atomic E-state index is 0.174. The molecule has 0 radical (unpaired) electrons. The Kier molecular flexibility index (Phi) is 6.30. The second kappa shape index (κ2) is 8.74. The Hall–Kier alpha value is -3.08. The van der Waals surface area contributed by atoms with Crippen molar-refractivity contribution in [1.82, 2.24) is 0 Å². The first-order valence-electron chi connectivity index (χ1n) is 10.5. The quantitative estimate of drug-likeness (QED) is 0.705. The average molecular weight is 407 g/mol. The Bertz CT molecular complexity index is 972. The SMILES string of the molecule is CCN(CC)c1ccc(N2C(=O)C(O)=C(C(=O)C(C)C)C2c2cccc(C)c2)cc1. The molecule has 158 valence electrons. The van der Waals surface area contributed by atoms with Crippen LogP contribution in [0.3, 0.4) is 0 Å². The van der Waals surface area contributed by atoms with Crippen LogP contribution in [0.15, 0.2) is 59.9 Å². The van der Waals surface area contributed by atoms with Crippen LogP contribution >= 0.6 is 0 Å². The van der Waals surface area contributed by atoms with Crippen molar-refractivity contribution in [2.75, 3.05) is 22.9 Å². The molecule has 1 N–H and O–H groups in total. The van der Waals surface area contributed by atoms with Crippen molar-refractivity contribution in [2.45, 2.75) is 40.7 Å². The lowest BCUT2D eigenvalue weighted by molar-refractivity contribution is -0.119. The third kappa shape index (κ3) is 3.84. The maximum Gasteiger partial charge on any atom is 0.294 e. The van der Waals surface area contributed by atoms with E-state index in [1.807, 2.05) is 55.5 Å². The molecule has 0 saturated carbocycles. The molecule has 0 fully saturated rings. The van der Waals surface area contributed by atoms with E-state index in [0.29, 0.717) is 5.69 Å². The predicted molar refractivity (Wildman–Crippen MR) is 121 cm³/mol. The molecule has 3 rings (SSSR count). The summed E-state index contributed by atoms with van der Waals surface area (Å²) in [5, 5.41) is 10.7. The number of Topliss-reactive ketones (excluding diaryl/α,β-unsaturated/α-hetero) is 1. The second-order valence-electron chi connectivity index (χ2n) is 7.96. The van der Waals surface area contributed by atoms with E-state index in [4.69, 9.17) is 0 Å². The first-order valence-corrected chi connectivity index (χ1v) is 10.5. The number of aliphatic hydroxyl groups is 1. The van der Waals surface area contributed by atoms with E-state index in [2.05, 4.69) is 18.7 Å². The Morgan fingerprint density at radius 1 is 1.10 bits per heavy atom. The van der Waals surface area contributed by atoms with E-state index in [1.165, 1.54) is 4.90 Å². The molecule has 1 heterocycles. The summed E-state index contributed by atoms with van der Waals surface area (Å²) >= 11 is 0. The smallest absolute Gasteiger partial charge is 0.294 e. The molecule has 2 aromatic carbocycles. The molecule has 2 aromatic rings. The van der Waals surface area contributed by atoms with Crippen LogP contribution in [0.2, 0.25) is 0 Å². The minimum atomic E-state index is -0.647. The molecule has 1 aliphatic rings. The summed E-state index contributed by atoms with van der Waals surface area (Å²) in [5.41, 5.74) is 3.73. The van der Waals surface area contributed by atoms with Crippen LogP contribution in [0, 0.1) is 12.8 Å². The number of benzene rings is 2. The van der Waals surface area contributed by atoms with Gasteiger partial charge in [0.15, 0.2) is 11.5 Å². The van der Waals surface area contributed by atoms with Crippen LogP contribution in [0.25, 0.3) is 0 Å². The van der Waals surface area contributed by atoms with Crippen molar-refractivity contribution in [1.29, 1.82) is 0 Å². The molecule has 5 nitrogen and oxygen atoms in total. The zero-order valence-corrected chi connectivity index (χ0v) is 18.3. The van der Waals surface area contributed by atoms with Gasteiger partial charge >= 0.3 is 0 Å². The van der Waals surface area contributed by atoms with Gasteiger partial charge in [-0.05, 0) is 50.6 Å². The molecule has 1 amide bonds. The highest BCUT2D eigenvalue weighted by Crippen LogP contribution is 2.42. The molecule has 1 atom stereocenters. The minimum Gasteiger partial charge on any atom is -0.503 e. The zero-order valence-electron chi connectivity index (χ0n) is 18.3. The van der Waals surface area contributed by atoms with Gasteiger partial charge < -0.3 is 10.0 Å². The second-order valence-corrected chi connectivity index (χ2v) is 7.96. The number of hydrogen-bond acceptors (Lipinski definition) is 4. The summed E-state index contributed by atoms with van der Waals surface area (Å²) < 4.78 is 0.